The van der Waals surface area contributed by atoms with Crippen molar-refractivity contribution in [2.24, 2.45) is 0 Å². The lowest BCUT2D eigenvalue weighted by molar-refractivity contribution is 0.0299. The number of nitrogens with two attached hydrogens (primary N) is 1. The molecule has 9 nitrogen and oxygen atoms in total. The maximum absolute atomic E-state index is 6.00. The van der Waals surface area contributed by atoms with Gasteiger partial charge in [0.25, 0.3) is 0 Å². The Morgan fingerprint density at radius 3 is 2.45 bits per heavy atom. The topological polar surface area (TPSA) is 108 Å². The highest BCUT2D eigenvalue weighted by molar-refractivity contribution is 5.87. The molecule has 1 aliphatic carbocycles. The molecule has 3 aliphatic rings. The van der Waals surface area contributed by atoms with Crippen molar-refractivity contribution in [2.75, 3.05) is 23.7 Å². The highest BCUT2D eigenvalue weighted by Gasteiger charge is 2.35. The fourth-order valence-corrected chi connectivity index (χ4v) is 4.91. The molecular weight excluding hydrogens is 368 g/mol. The predicted octanol–water partition coefficient (Wildman–Crippen LogP) is 2.35. The summed E-state index contributed by atoms with van der Waals surface area (Å²) in [6.45, 7) is 1.65. The molecular formula is C20H24N8O. The number of hydrogen-bond donors (Lipinski definition) is 1. The number of ether oxygens (including phenoxy) is 1. The summed E-state index contributed by atoms with van der Waals surface area (Å²) in [6.07, 6.45) is 12.8. The van der Waals surface area contributed by atoms with Crippen molar-refractivity contribution < 1.29 is 4.74 Å². The fraction of sp³-hybridized carbons (Fsp3) is 0.550. The lowest BCUT2D eigenvalue weighted by atomic mass is 10.2. The molecule has 0 aromatic carbocycles. The predicted molar refractivity (Wildman–Crippen MR) is 108 cm³/mol. The highest BCUT2D eigenvalue weighted by Crippen LogP contribution is 2.35. The van der Waals surface area contributed by atoms with E-state index in [1.54, 1.807) is 12.4 Å². The third-order valence-corrected chi connectivity index (χ3v) is 6.37. The van der Waals surface area contributed by atoms with Gasteiger partial charge in [0.15, 0.2) is 5.65 Å². The van der Waals surface area contributed by atoms with E-state index in [2.05, 4.69) is 24.4 Å². The first-order valence-electron chi connectivity index (χ1n) is 10.5. The zero-order valence-electron chi connectivity index (χ0n) is 16.2. The molecule has 1 saturated carbocycles. The second-order valence-electron chi connectivity index (χ2n) is 8.32. The van der Waals surface area contributed by atoms with Crippen molar-refractivity contribution in [1.82, 2.24) is 29.5 Å². The summed E-state index contributed by atoms with van der Waals surface area (Å²) in [5, 5.41) is 0. The van der Waals surface area contributed by atoms with Gasteiger partial charge in [-0.05, 0) is 25.7 Å². The van der Waals surface area contributed by atoms with E-state index < -0.39 is 0 Å². The van der Waals surface area contributed by atoms with Crippen LogP contribution in [0.5, 0.6) is 0 Å². The lowest BCUT2D eigenvalue weighted by Gasteiger charge is -2.32. The summed E-state index contributed by atoms with van der Waals surface area (Å²) in [5.41, 5.74) is 8.78. The Labute approximate surface area is 168 Å². The number of nitrogen functional groups attached to an aromatic ring is 1. The van der Waals surface area contributed by atoms with E-state index in [1.165, 1.54) is 25.7 Å². The van der Waals surface area contributed by atoms with Crippen LogP contribution in [0.25, 0.3) is 22.6 Å². The van der Waals surface area contributed by atoms with Gasteiger partial charge in [0.2, 0.25) is 5.95 Å². The molecule has 29 heavy (non-hydrogen) atoms. The first-order chi connectivity index (χ1) is 14.2. The summed E-state index contributed by atoms with van der Waals surface area (Å²) in [4.78, 5) is 25.5. The number of imidazole rings is 1. The lowest BCUT2D eigenvalue weighted by Crippen LogP contribution is -2.43. The number of anilines is 2. The van der Waals surface area contributed by atoms with Crippen LogP contribution in [0.4, 0.5) is 11.8 Å². The van der Waals surface area contributed by atoms with E-state index in [9.17, 15) is 0 Å². The van der Waals surface area contributed by atoms with Gasteiger partial charge < -0.3 is 19.9 Å². The van der Waals surface area contributed by atoms with Crippen molar-refractivity contribution in [2.45, 2.75) is 56.8 Å². The molecule has 2 saturated heterocycles. The van der Waals surface area contributed by atoms with Crippen molar-refractivity contribution in [1.29, 1.82) is 0 Å². The molecule has 0 radical (unpaired) electrons. The second kappa shape index (κ2) is 6.62. The SMILES string of the molecule is Nc1cnc(-c2nc(N3CC4CCC(C3)O4)nc3c2ncn3C2CCCC2)cn1. The van der Waals surface area contributed by atoms with Crippen LogP contribution in [-0.4, -0.2) is 54.8 Å². The Morgan fingerprint density at radius 2 is 1.72 bits per heavy atom. The summed E-state index contributed by atoms with van der Waals surface area (Å²) in [7, 11) is 0. The van der Waals surface area contributed by atoms with E-state index in [4.69, 9.17) is 20.4 Å². The van der Waals surface area contributed by atoms with E-state index in [0.29, 0.717) is 23.2 Å². The van der Waals surface area contributed by atoms with Crippen molar-refractivity contribution in [3.63, 3.8) is 0 Å². The zero-order chi connectivity index (χ0) is 19.4. The summed E-state index contributed by atoms with van der Waals surface area (Å²) in [5.74, 6) is 1.12. The zero-order valence-corrected chi connectivity index (χ0v) is 16.2. The summed E-state index contributed by atoms with van der Waals surface area (Å²) < 4.78 is 8.24. The Balaban J connectivity index is 1.50. The molecule has 2 N–H and O–H groups in total. The first-order valence-corrected chi connectivity index (χ1v) is 10.5. The molecule has 0 amide bonds. The normalized spacial score (nSPS) is 24.6. The summed E-state index contributed by atoms with van der Waals surface area (Å²) in [6, 6.07) is 0.453. The molecule has 150 valence electrons. The van der Waals surface area contributed by atoms with Gasteiger partial charge in [0, 0.05) is 19.1 Å². The van der Waals surface area contributed by atoms with Gasteiger partial charge in [-0.15, -0.1) is 0 Å². The number of rotatable bonds is 3. The van der Waals surface area contributed by atoms with Gasteiger partial charge in [-0.3, -0.25) is 0 Å². The largest absolute Gasteiger partial charge is 0.382 e. The van der Waals surface area contributed by atoms with Gasteiger partial charge in [-0.2, -0.15) is 4.98 Å². The van der Waals surface area contributed by atoms with Gasteiger partial charge >= 0.3 is 0 Å². The molecule has 3 aromatic rings. The maximum Gasteiger partial charge on any atom is 0.228 e. The van der Waals surface area contributed by atoms with E-state index >= 15 is 0 Å². The number of hydrogen-bond acceptors (Lipinski definition) is 8. The van der Waals surface area contributed by atoms with Crippen molar-refractivity contribution >= 4 is 22.9 Å². The third-order valence-electron chi connectivity index (χ3n) is 6.37. The average molecular weight is 392 g/mol. The quantitative estimate of drug-likeness (QED) is 0.724. The third kappa shape index (κ3) is 2.91. The smallest absolute Gasteiger partial charge is 0.228 e. The minimum Gasteiger partial charge on any atom is -0.382 e. The van der Waals surface area contributed by atoms with Crippen LogP contribution >= 0.6 is 0 Å². The molecule has 2 unspecified atom stereocenters. The first kappa shape index (κ1) is 17.1. The van der Waals surface area contributed by atoms with Gasteiger partial charge in [0.1, 0.15) is 22.7 Å². The maximum atomic E-state index is 6.00. The van der Waals surface area contributed by atoms with E-state index in [-0.39, 0.29) is 12.2 Å². The number of nitrogens with zero attached hydrogens (tertiary/aromatic N) is 7. The molecule has 0 spiro atoms. The molecule has 2 atom stereocenters. The summed E-state index contributed by atoms with van der Waals surface area (Å²) >= 11 is 0. The molecule has 9 heteroatoms. The van der Waals surface area contributed by atoms with Crippen LogP contribution in [0.3, 0.4) is 0 Å². The van der Waals surface area contributed by atoms with Crippen LogP contribution in [0.15, 0.2) is 18.7 Å². The molecule has 6 rings (SSSR count). The van der Waals surface area contributed by atoms with Crippen LogP contribution in [-0.2, 0) is 4.74 Å². The van der Waals surface area contributed by atoms with Gasteiger partial charge in [-0.25, -0.2) is 19.9 Å². The van der Waals surface area contributed by atoms with Crippen LogP contribution in [0, 0.1) is 0 Å². The molecule has 2 bridgehead atoms. The molecule has 3 fully saturated rings. The van der Waals surface area contributed by atoms with E-state index in [1.807, 2.05) is 6.33 Å². The van der Waals surface area contributed by atoms with Crippen LogP contribution < -0.4 is 10.6 Å². The number of fused-ring (bicyclic) bond motifs is 3. The Morgan fingerprint density at radius 1 is 0.931 bits per heavy atom. The Hall–Kier alpha value is -2.81. The molecule has 3 aromatic heterocycles. The minimum absolute atomic E-state index is 0.271. The van der Waals surface area contributed by atoms with E-state index in [0.717, 1.165) is 43.0 Å². The Bertz CT molecular complexity index is 1030. The highest BCUT2D eigenvalue weighted by atomic mass is 16.5. The minimum atomic E-state index is 0.271. The van der Waals surface area contributed by atoms with Gasteiger partial charge in [0.05, 0.1) is 30.9 Å². The fourth-order valence-electron chi connectivity index (χ4n) is 4.91. The average Bonchev–Trinajstić information content (AvgIpc) is 3.47. The number of aromatic nitrogens is 6. The van der Waals surface area contributed by atoms with Gasteiger partial charge in [-0.1, -0.05) is 12.8 Å². The molecule has 5 heterocycles. The number of morpholine rings is 1. The Kier molecular flexibility index (Phi) is 3.90. The second-order valence-corrected chi connectivity index (χ2v) is 8.32. The molecule has 2 aliphatic heterocycles. The standard InChI is InChI=1S/C20H24N8O/c21-16-8-22-15(7-23-16)17-18-19(28(11-24-18)12-3-1-2-4-12)26-20(25-17)27-9-13-5-6-14(10-27)29-13/h7-8,11-14H,1-6,9-10H2,(H2,21,23). The monoisotopic (exact) mass is 392 g/mol. The van der Waals surface area contributed by atoms with Crippen LogP contribution in [0.2, 0.25) is 0 Å². The van der Waals surface area contributed by atoms with Crippen LogP contribution in [0.1, 0.15) is 44.6 Å². The van der Waals surface area contributed by atoms with Crippen molar-refractivity contribution in [3.8, 4) is 11.4 Å². The van der Waals surface area contributed by atoms with Crippen molar-refractivity contribution in [3.05, 3.63) is 18.7 Å².